The van der Waals surface area contributed by atoms with Gasteiger partial charge in [-0.15, -0.1) is 0 Å². The number of anilines is 1. The molecular weight excluding hydrogens is 246 g/mol. The second-order valence-electron chi connectivity index (χ2n) is 5.68. The molecule has 0 aromatic carbocycles. The first-order valence-electron chi connectivity index (χ1n) is 6.74. The summed E-state index contributed by atoms with van der Waals surface area (Å²) in [7, 11) is 0. The van der Waals surface area contributed by atoms with Crippen LogP contribution in [0.5, 0.6) is 0 Å². The van der Waals surface area contributed by atoms with E-state index in [9.17, 15) is 0 Å². The quantitative estimate of drug-likeness (QED) is 0.881. The Kier molecular flexibility index (Phi) is 4.10. The molecule has 0 spiro atoms. The molecule has 1 aliphatic carbocycles. The number of aromatic nitrogens is 2. The molecule has 4 heteroatoms. The SMILES string of the molecule is Cc1nc(Cl)c(NC2CCC(C)CC2C)nc1C. The van der Waals surface area contributed by atoms with Gasteiger partial charge in [-0.1, -0.05) is 25.4 Å². The fourth-order valence-corrected chi connectivity index (χ4v) is 2.95. The van der Waals surface area contributed by atoms with Gasteiger partial charge >= 0.3 is 0 Å². The van der Waals surface area contributed by atoms with E-state index in [0.717, 1.165) is 23.1 Å². The zero-order valence-electron chi connectivity index (χ0n) is 11.6. The Morgan fingerprint density at radius 3 is 2.44 bits per heavy atom. The molecule has 0 amide bonds. The van der Waals surface area contributed by atoms with Gasteiger partial charge in [0.1, 0.15) is 0 Å². The molecule has 18 heavy (non-hydrogen) atoms. The molecular formula is C14H22ClN3. The summed E-state index contributed by atoms with van der Waals surface area (Å²) in [5.41, 5.74) is 1.84. The van der Waals surface area contributed by atoms with E-state index in [1.54, 1.807) is 0 Å². The summed E-state index contributed by atoms with van der Waals surface area (Å²) in [5, 5.41) is 3.97. The average molecular weight is 268 g/mol. The van der Waals surface area contributed by atoms with E-state index in [2.05, 4.69) is 29.1 Å². The first-order valence-corrected chi connectivity index (χ1v) is 7.12. The largest absolute Gasteiger partial charge is 0.365 e. The summed E-state index contributed by atoms with van der Waals surface area (Å²) in [4.78, 5) is 8.83. The van der Waals surface area contributed by atoms with Crippen molar-refractivity contribution in [2.24, 2.45) is 11.8 Å². The van der Waals surface area contributed by atoms with Crippen LogP contribution in [-0.4, -0.2) is 16.0 Å². The number of hydrogen-bond acceptors (Lipinski definition) is 3. The van der Waals surface area contributed by atoms with E-state index < -0.39 is 0 Å². The van der Waals surface area contributed by atoms with Crippen molar-refractivity contribution in [2.45, 2.75) is 53.0 Å². The van der Waals surface area contributed by atoms with Gasteiger partial charge in [0.25, 0.3) is 0 Å². The molecule has 2 rings (SSSR count). The van der Waals surface area contributed by atoms with Crippen LogP contribution < -0.4 is 5.32 Å². The van der Waals surface area contributed by atoms with Crippen molar-refractivity contribution in [3.63, 3.8) is 0 Å². The van der Waals surface area contributed by atoms with Crippen molar-refractivity contribution in [3.8, 4) is 0 Å². The van der Waals surface area contributed by atoms with Crippen LogP contribution in [0.25, 0.3) is 0 Å². The van der Waals surface area contributed by atoms with E-state index in [0.29, 0.717) is 17.1 Å². The molecule has 1 heterocycles. The maximum atomic E-state index is 6.16. The van der Waals surface area contributed by atoms with Crippen LogP contribution in [0.1, 0.15) is 44.5 Å². The molecule has 100 valence electrons. The molecule has 1 aromatic rings. The standard InChI is InChI=1S/C14H22ClN3/c1-8-5-6-12(9(2)7-8)18-14-13(15)16-10(3)11(4)17-14/h8-9,12H,5-7H2,1-4H3,(H,17,18). The highest BCUT2D eigenvalue weighted by Crippen LogP contribution is 2.31. The lowest BCUT2D eigenvalue weighted by Crippen LogP contribution is -2.33. The van der Waals surface area contributed by atoms with Crippen molar-refractivity contribution in [1.82, 2.24) is 9.97 Å². The maximum Gasteiger partial charge on any atom is 0.171 e. The van der Waals surface area contributed by atoms with Gasteiger partial charge in [-0.3, -0.25) is 0 Å². The third-order valence-electron chi connectivity index (χ3n) is 4.02. The minimum absolute atomic E-state index is 0.468. The second-order valence-corrected chi connectivity index (χ2v) is 6.04. The van der Waals surface area contributed by atoms with Crippen LogP contribution >= 0.6 is 11.6 Å². The lowest BCUT2D eigenvalue weighted by Gasteiger charge is -2.33. The van der Waals surface area contributed by atoms with Crippen LogP contribution in [0.3, 0.4) is 0 Å². The first kappa shape index (κ1) is 13.6. The lowest BCUT2D eigenvalue weighted by molar-refractivity contribution is 0.276. The third-order valence-corrected chi connectivity index (χ3v) is 4.28. The fraction of sp³-hybridized carbons (Fsp3) is 0.714. The Hall–Kier alpha value is -0.830. The molecule has 1 fully saturated rings. The minimum Gasteiger partial charge on any atom is -0.365 e. The zero-order chi connectivity index (χ0) is 13.3. The molecule has 0 radical (unpaired) electrons. The highest BCUT2D eigenvalue weighted by molar-refractivity contribution is 6.31. The molecule has 3 atom stereocenters. The lowest BCUT2D eigenvalue weighted by atomic mass is 9.80. The monoisotopic (exact) mass is 267 g/mol. The van der Waals surface area contributed by atoms with Crippen LogP contribution in [-0.2, 0) is 0 Å². The normalized spacial score (nSPS) is 28.2. The van der Waals surface area contributed by atoms with Gasteiger partial charge in [-0.2, -0.15) is 0 Å². The Morgan fingerprint density at radius 2 is 1.78 bits per heavy atom. The summed E-state index contributed by atoms with van der Waals surface area (Å²) in [6.07, 6.45) is 3.73. The molecule has 0 saturated heterocycles. The molecule has 1 aromatic heterocycles. The Bertz CT molecular complexity index is 433. The van der Waals surface area contributed by atoms with Crippen LogP contribution in [0.15, 0.2) is 0 Å². The minimum atomic E-state index is 0.468. The number of rotatable bonds is 2. The molecule has 3 nitrogen and oxygen atoms in total. The number of aryl methyl sites for hydroxylation is 2. The van der Waals surface area contributed by atoms with Crippen LogP contribution in [0.2, 0.25) is 5.15 Å². The number of halogens is 1. The topological polar surface area (TPSA) is 37.8 Å². The van der Waals surface area contributed by atoms with Crippen LogP contribution in [0, 0.1) is 25.7 Å². The van der Waals surface area contributed by atoms with Gasteiger partial charge in [-0.05, 0) is 44.9 Å². The summed E-state index contributed by atoms with van der Waals surface area (Å²) >= 11 is 6.16. The first-order chi connectivity index (χ1) is 8.47. The Labute approximate surface area is 114 Å². The van der Waals surface area contributed by atoms with Crippen molar-refractivity contribution in [1.29, 1.82) is 0 Å². The summed E-state index contributed by atoms with van der Waals surface area (Å²) in [5.74, 6) is 2.23. The molecule has 3 unspecified atom stereocenters. The van der Waals surface area contributed by atoms with Crippen molar-refractivity contribution in [2.75, 3.05) is 5.32 Å². The molecule has 0 aliphatic heterocycles. The summed E-state index contributed by atoms with van der Waals surface area (Å²) in [6.45, 7) is 8.53. The van der Waals surface area contributed by atoms with Gasteiger partial charge in [0.2, 0.25) is 0 Å². The van der Waals surface area contributed by atoms with E-state index in [1.165, 1.54) is 19.3 Å². The Morgan fingerprint density at radius 1 is 1.11 bits per heavy atom. The zero-order valence-corrected chi connectivity index (χ0v) is 12.4. The highest BCUT2D eigenvalue weighted by Gasteiger charge is 2.26. The van der Waals surface area contributed by atoms with Gasteiger partial charge in [0, 0.05) is 6.04 Å². The summed E-state index contributed by atoms with van der Waals surface area (Å²) < 4.78 is 0. The predicted molar refractivity (Wildman–Crippen MR) is 76.1 cm³/mol. The van der Waals surface area contributed by atoms with Crippen molar-refractivity contribution < 1.29 is 0 Å². The average Bonchev–Trinajstić information content (AvgIpc) is 2.29. The van der Waals surface area contributed by atoms with Gasteiger partial charge in [-0.25, -0.2) is 9.97 Å². The van der Waals surface area contributed by atoms with E-state index in [-0.39, 0.29) is 0 Å². The Balaban J connectivity index is 2.12. The van der Waals surface area contributed by atoms with E-state index >= 15 is 0 Å². The molecule has 1 N–H and O–H groups in total. The van der Waals surface area contributed by atoms with Crippen LogP contribution in [0.4, 0.5) is 5.82 Å². The number of nitrogens with zero attached hydrogens (tertiary/aromatic N) is 2. The number of nitrogens with one attached hydrogen (secondary N) is 1. The summed E-state index contributed by atoms with van der Waals surface area (Å²) in [6, 6.07) is 0.468. The predicted octanol–water partition coefficient (Wildman–Crippen LogP) is 3.98. The maximum absolute atomic E-state index is 6.16. The smallest absolute Gasteiger partial charge is 0.171 e. The molecule has 1 saturated carbocycles. The van der Waals surface area contributed by atoms with Gasteiger partial charge < -0.3 is 5.32 Å². The van der Waals surface area contributed by atoms with Crippen molar-refractivity contribution >= 4 is 17.4 Å². The molecule has 1 aliphatic rings. The van der Waals surface area contributed by atoms with Gasteiger partial charge in [0.05, 0.1) is 11.4 Å². The third kappa shape index (κ3) is 2.94. The van der Waals surface area contributed by atoms with Crippen molar-refractivity contribution in [3.05, 3.63) is 16.5 Å². The number of hydrogen-bond donors (Lipinski definition) is 1. The van der Waals surface area contributed by atoms with E-state index in [1.807, 2.05) is 13.8 Å². The van der Waals surface area contributed by atoms with Gasteiger partial charge in [0.15, 0.2) is 11.0 Å². The highest BCUT2D eigenvalue weighted by atomic mass is 35.5. The molecule has 0 bridgehead atoms. The van der Waals surface area contributed by atoms with E-state index in [4.69, 9.17) is 11.6 Å². The second kappa shape index (κ2) is 5.43. The fourth-order valence-electron chi connectivity index (χ4n) is 2.72.